The average molecular weight is 278 g/mol. The normalized spacial score (nSPS) is 27.3. The summed E-state index contributed by atoms with van der Waals surface area (Å²) in [5.41, 5.74) is 7.31. The van der Waals surface area contributed by atoms with E-state index in [0.29, 0.717) is 5.82 Å². The first-order valence-corrected chi connectivity index (χ1v) is 6.45. The van der Waals surface area contributed by atoms with Gasteiger partial charge in [0.1, 0.15) is 5.82 Å². The Morgan fingerprint density at radius 1 is 1.53 bits per heavy atom. The van der Waals surface area contributed by atoms with Gasteiger partial charge in [0.2, 0.25) is 0 Å². The molecular weight excluding hydrogens is 264 g/mol. The number of hydrogen-bond donors (Lipinski definition) is 5. The molecule has 0 amide bonds. The third-order valence-corrected chi connectivity index (χ3v) is 4.12. The lowest BCUT2D eigenvalue weighted by atomic mass is 10.0. The molecule has 0 radical (unpaired) electrons. The highest BCUT2D eigenvalue weighted by molar-refractivity contribution is 7.82. The van der Waals surface area contributed by atoms with Gasteiger partial charge in [0.15, 0.2) is 5.78 Å². The number of nitrogens with two attached hydrogens (primary N) is 1. The number of aliphatic hydroxyl groups is 1. The van der Waals surface area contributed by atoms with Gasteiger partial charge in [-0.3, -0.25) is 10.1 Å². The van der Waals surface area contributed by atoms with Crippen molar-refractivity contribution >= 4 is 35.1 Å². The Kier molecular flexibility index (Phi) is 2.96. The third-order valence-electron chi connectivity index (χ3n) is 3.51. The molecule has 6 nitrogen and oxygen atoms in total. The first-order valence-electron chi connectivity index (χ1n) is 5.93. The number of nitrogen functional groups attached to an aromatic ring is 1. The van der Waals surface area contributed by atoms with Gasteiger partial charge in [-0.1, -0.05) is 0 Å². The summed E-state index contributed by atoms with van der Waals surface area (Å²) in [7, 11) is 0. The zero-order chi connectivity index (χ0) is 13.6. The van der Waals surface area contributed by atoms with Crippen molar-refractivity contribution < 1.29 is 9.90 Å². The number of aromatic amines is 1. The smallest absolute Gasteiger partial charge is 0.168 e. The molecule has 0 aromatic carbocycles. The number of carbonyl (C=O) groups excluding carboxylic acids is 1. The predicted octanol–water partition coefficient (Wildman–Crippen LogP) is 0.0178. The van der Waals surface area contributed by atoms with E-state index in [4.69, 9.17) is 5.73 Å². The average Bonchev–Trinajstić information content (AvgIpc) is 2.94. The number of Topliss-reactive ketones (excluding diaryl/α,β-unsaturated/α-hetero) is 1. The maximum absolute atomic E-state index is 12.2. The van der Waals surface area contributed by atoms with Crippen molar-refractivity contribution in [2.75, 3.05) is 12.3 Å². The van der Waals surface area contributed by atoms with Crippen LogP contribution < -0.4 is 11.1 Å². The largest absolute Gasteiger partial charge is 0.395 e. The topological polar surface area (TPSA) is 104 Å². The summed E-state index contributed by atoms with van der Waals surface area (Å²) < 4.78 is 0. The van der Waals surface area contributed by atoms with Crippen LogP contribution in [-0.2, 0) is 4.79 Å². The lowest BCUT2D eigenvalue weighted by Crippen LogP contribution is -2.32. The monoisotopic (exact) mass is 278 g/mol. The van der Waals surface area contributed by atoms with Crippen LogP contribution >= 0.6 is 12.6 Å². The van der Waals surface area contributed by atoms with Crippen molar-refractivity contribution in [2.45, 2.75) is 17.3 Å². The van der Waals surface area contributed by atoms with E-state index in [9.17, 15) is 9.90 Å². The van der Waals surface area contributed by atoms with Crippen molar-refractivity contribution in [3.8, 4) is 0 Å². The molecule has 7 heteroatoms. The molecule has 0 spiro atoms. The molecule has 2 aromatic heterocycles. The minimum absolute atomic E-state index is 0.0429. The van der Waals surface area contributed by atoms with Crippen molar-refractivity contribution in [1.82, 2.24) is 15.3 Å². The summed E-state index contributed by atoms with van der Waals surface area (Å²) in [4.78, 5) is 19.2. The molecule has 100 valence electrons. The molecule has 2 aromatic rings. The van der Waals surface area contributed by atoms with Gasteiger partial charge < -0.3 is 15.8 Å². The highest BCUT2D eigenvalue weighted by Gasteiger charge is 2.40. The Morgan fingerprint density at radius 3 is 3.00 bits per heavy atom. The van der Waals surface area contributed by atoms with Crippen LogP contribution in [0.4, 0.5) is 5.82 Å². The fourth-order valence-electron chi connectivity index (χ4n) is 2.49. The first-order chi connectivity index (χ1) is 9.13. The van der Waals surface area contributed by atoms with Gasteiger partial charge in [-0.05, 0) is 6.07 Å². The van der Waals surface area contributed by atoms with E-state index in [2.05, 4.69) is 27.9 Å². The van der Waals surface area contributed by atoms with Crippen LogP contribution in [-0.4, -0.2) is 38.8 Å². The number of carbonyl (C=O) groups is 1. The Labute approximate surface area is 114 Å². The van der Waals surface area contributed by atoms with E-state index < -0.39 is 11.3 Å². The summed E-state index contributed by atoms with van der Waals surface area (Å²) in [6.07, 6.45) is 3.36. The maximum atomic E-state index is 12.2. The van der Waals surface area contributed by atoms with Gasteiger partial charge in [-0.2, -0.15) is 12.6 Å². The van der Waals surface area contributed by atoms with Gasteiger partial charge in [-0.15, -0.1) is 0 Å². The van der Waals surface area contributed by atoms with Crippen molar-refractivity contribution in [2.24, 2.45) is 0 Å². The highest BCUT2D eigenvalue weighted by atomic mass is 32.1. The second-order valence-corrected chi connectivity index (χ2v) is 5.16. The van der Waals surface area contributed by atoms with Crippen LogP contribution in [0.15, 0.2) is 18.5 Å². The molecule has 3 heterocycles. The number of nitrogens with one attached hydrogen (secondary N) is 2. The lowest BCUT2D eigenvalue weighted by molar-refractivity contribution is -0.118. The standard InChI is InChI=1S/C12H14N4O2S/c13-12-9-5(1-2-14-12)6(3-15-9)8-10(18)11(19)7(4-17)16-8/h1-3,7-8,11,15-17,19H,4H2,(H2,13,14). The molecule has 5 N–H and O–H groups in total. The Bertz CT molecular complexity index is 642. The number of nitrogens with zero attached hydrogens (tertiary/aromatic N) is 1. The lowest BCUT2D eigenvalue weighted by Gasteiger charge is -2.10. The van der Waals surface area contributed by atoms with E-state index in [1.54, 1.807) is 12.4 Å². The number of pyridine rings is 1. The van der Waals surface area contributed by atoms with Crippen LogP contribution in [0.3, 0.4) is 0 Å². The minimum Gasteiger partial charge on any atom is -0.395 e. The Balaban J connectivity index is 2.06. The summed E-state index contributed by atoms with van der Waals surface area (Å²) in [5, 5.41) is 12.7. The van der Waals surface area contributed by atoms with E-state index in [1.807, 2.05) is 6.07 Å². The number of anilines is 1. The fourth-order valence-corrected chi connectivity index (χ4v) is 2.82. The Morgan fingerprint density at radius 2 is 2.32 bits per heavy atom. The fraction of sp³-hybridized carbons (Fsp3) is 0.333. The van der Waals surface area contributed by atoms with Crippen LogP contribution in [0.1, 0.15) is 11.6 Å². The zero-order valence-corrected chi connectivity index (χ0v) is 10.9. The van der Waals surface area contributed by atoms with Crippen molar-refractivity contribution in [1.29, 1.82) is 0 Å². The van der Waals surface area contributed by atoms with Crippen molar-refractivity contribution in [3.05, 3.63) is 24.0 Å². The van der Waals surface area contributed by atoms with E-state index in [1.165, 1.54) is 0 Å². The molecule has 3 unspecified atom stereocenters. The molecule has 1 aliphatic heterocycles. The van der Waals surface area contributed by atoms with E-state index in [-0.39, 0.29) is 18.4 Å². The molecule has 1 fully saturated rings. The van der Waals surface area contributed by atoms with E-state index in [0.717, 1.165) is 16.5 Å². The molecular formula is C12H14N4O2S. The van der Waals surface area contributed by atoms with Gasteiger partial charge in [0.25, 0.3) is 0 Å². The Hall–Kier alpha value is -1.57. The maximum Gasteiger partial charge on any atom is 0.168 e. The molecule has 0 saturated carbocycles. The number of hydrogen-bond acceptors (Lipinski definition) is 6. The van der Waals surface area contributed by atoms with Gasteiger partial charge in [-0.25, -0.2) is 4.98 Å². The molecule has 19 heavy (non-hydrogen) atoms. The number of ketones is 1. The van der Waals surface area contributed by atoms with Gasteiger partial charge >= 0.3 is 0 Å². The van der Waals surface area contributed by atoms with Crippen molar-refractivity contribution in [3.63, 3.8) is 0 Å². The zero-order valence-electron chi connectivity index (χ0n) is 10.00. The number of rotatable bonds is 2. The molecule has 0 bridgehead atoms. The molecule has 3 rings (SSSR count). The summed E-state index contributed by atoms with van der Waals surface area (Å²) >= 11 is 4.25. The van der Waals surface area contributed by atoms with Crippen LogP contribution in [0, 0.1) is 0 Å². The molecule has 0 aliphatic carbocycles. The number of fused-ring (bicyclic) bond motifs is 1. The van der Waals surface area contributed by atoms with E-state index >= 15 is 0 Å². The SMILES string of the molecule is Nc1nccc2c(C3NC(CO)C(S)C3=O)c[nH]c12. The molecule has 1 aliphatic rings. The minimum atomic E-state index is -0.501. The van der Waals surface area contributed by atoms with Gasteiger partial charge in [0, 0.05) is 29.4 Å². The van der Waals surface area contributed by atoms with Crippen LogP contribution in [0.25, 0.3) is 10.9 Å². The summed E-state index contributed by atoms with van der Waals surface area (Å²) in [6, 6.07) is 1.01. The second-order valence-electron chi connectivity index (χ2n) is 4.60. The second kappa shape index (κ2) is 4.52. The van der Waals surface area contributed by atoms with Crippen LogP contribution in [0.5, 0.6) is 0 Å². The number of aliphatic hydroxyl groups excluding tert-OH is 1. The quantitative estimate of drug-likeness (QED) is 0.498. The third kappa shape index (κ3) is 1.81. The summed E-state index contributed by atoms with van der Waals surface area (Å²) in [6.45, 7) is -0.123. The number of aromatic nitrogens is 2. The first kappa shape index (κ1) is 12.5. The molecule has 3 atom stereocenters. The highest BCUT2D eigenvalue weighted by Crippen LogP contribution is 2.32. The van der Waals surface area contributed by atoms with Gasteiger partial charge in [0.05, 0.1) is 23.4 Å². The predicted molar refractivity (Wildman–Crippen MR) is 75.0 cm³/mol. The van der Waals surface area contributed by atoms with Crippen LogP contribution in [0.2, 0.25) is 0 Å². The molecule has 1 saturated heterocycles. The number of thiol groups is 1. The number of H-pyrrole nitrogens is 1. The summed E-state index contributed by atoms with van der Waals surface area (Å²) in [5.74, 6) is 0.356.